The maximum Gasteiger partial charge on any atom is 0.224 e. The van der Waals surface area contributed by atoms with Gasteiger partial charge in [0.25, 0.3) is 0 Å². The molecule has 1 aliphatic rings. The van der Waals surface area contributed by atoms with Gasteiger partial charge in [-0.15, -0.1) is 5.10 Å². The fourth-order valence-corrected chi connectivity index (χ4v) is 3.28. The first kappa shape index (κ1) is 17.4. The van der Waals surface area contributed by atoms with Gasteiger partial charge in [0.15, 0.2) is 5.82 Å². The van der Waals surface area contributed by atoms with Crippen molar-refractivity contribution in [1.82, 2.24) is 10.2 Å². The highest BCUT2D eigenvalue weighted by Gasteiger charge is 2.14. The van der Waals surface area contributed by atoms with Gasteiger partial charge in [0.1, 0.15) is 0 Å². The van der Waals surface area contributed by atoms with E-state index >= 15 is 0 Å². The lowest BCUT2D eigenvalue weighted by Gasteiger charge is -2.21. The number of aryl methyl sites for hydroxylation is 1. The van der Waals surface area contributed by atoms with Crippen molar-refractivity contribution in [2.24, 2.45) is 5.92 Å². The number of carbonyl (C=O) groups is 1. The largest absolute Gasteiger partial charge is 0.339 e. The summed E-state index contributed by atoms with van der Waals surface area (Å²) in [7, 11) is 0. The lowest BCUT2D eigenvalue weighted by atomic mass is 9.86. The van der Waals surface area contributed by atoms with Crippen molar-refractivity contribution in [3.63, 3.8) is 0 Å². The molecule has 132 valence electrons. The van der Waals surface area contributed by atoms with Crippen molar-refractivity contribution in [2.45, 2.75) is 51.9 Å². The van der Waals surface area contributed by atoms with E-state index in [-0.39, 0.29) is 5.91 Å². The van der Waals surface area contributed by atoms with Crippen LogP contribution in [0, 0.1) is 12.8 Å². The molecule has 3 rings (SSSR count). The van der Waals surface area contributed by atoms with E-state index in [1.54, 1.807) is 0 Å². The SMILES string of the molecule is Cc1ccc(Nc2ccc(NC(=O)CCC3CCCCC3)cc2)nn1. The predicted molar refractivity (Wildman–Crippen MR) is 101 cm³/mol. The van der Waals surface area contributed by atoms with Crippen LogP contribution in [0.5, 0.6) is 0 Å². The summed E-state index contributed by atoms with van der Waals surface area (Å²) < 4.78 is 0. The molecule has 25 heavy (non-hydrogen) atoms. The van der Waals surface area contributed by atoms with Crippen molar-refractivity contribution in [1.29, 1.82) is 0 Å². The number of rotatable bonds is 6. The first-order chi connectivity index (χ1) is 12.2. The lowest BCUT2D eigenvalue weighted by molar-refractivity contribution is -0.116. The van der Waals surface area contributed by atoms with E-state index in [0.29, 0.717) is 12.2 Å². The Bertz CT molecular complexity index is 676. The molecule has 0 aliphatic heterocycles. The van der Waals surface area contributed by atoms with Crippen LogP contribution in [-0.4, -0.2) is 16.1 Å². The molecule has 0 unspecified atom stereocenters. The quantitative estimate of drug-likeness (QED) is 0.792. The summed E-state index contributed by atoms with van der Waals surface area (Å²) in [5, 5.41) is 14.3. The van der Waals surface area contributed by atoms with E-state index in [1.807, 2.05) is 43.3 Å². The molecule has 0 saturated heterocycles. The van der Waals surface area contributed by atoms with E-state index in [4.69, 9.17) is 0 Å². The van der Waals surface area contributed by atoms with Gasteiger partial charge in [-0.25, -0.2) is 0 Å². The summed E-state index contributed by atoms with van der Waals surface area (Å²) in [6.07, 6.45) is 8.21. The first-order valence-electron chi connectivity index (χ1n) is 9.16. The van der Waals surface area contributed by atoms with E-state index in [9.17, 15) is 4.79 Å². The highest BCUT2D eigenvalue weighted by Crippen LogP contribution is 2.27. The number of amides is 1. The molecular weight excluding hydrogens is 312 g/mol. The Morgan fingerprint density at radius 1 is 1.00 bits per heavy atom. The molecular formula is C20H26N4O. The van der Waals surface area contributed by atoms with Gasteiger partial charge in [0.05, 0.1) is 5.69 Å². The second-order valence-corrected chi connectivity index (χ2v) is 6.85. The van der Waals surface area contributed by atoms with Crippen molar-refractivity contribution in [2.75, 3.05) is 10.6 Å². The Kier molecular flexibility index (Phi) is 5.99. The van der Waals surface area contributed by atoms with Crippen LogP contribution in [0.15, 0.2) is 36.4 Å². The van der Waals surface area contributed by atoms with E-state index in [2.05, 4.69) is 20.8 Å². The number of nitrogens with zero attached hydrogens (tertiary/aromatic N) is 2. The van der Waals surface area contributed by atoms with Gasteiger partial charge >= 0.3 is 0 Å². The molecule has 5 nitrogen and oxygen atoms in total. The lowest BCUT2D eigenvalue weighted by Crippen LogP contribution is -2.14. The molecule has 1 aromatic heterocycles. The number of nitrogens with one attached hydrogen (secondary N) is 2. The highest BCUT2D eigenvalue weighted by atomic mass is 16.1. The van der Waals surface area contributed by atoms with Crippen LogP contribution in [-0.2, 0) is 4.79 Å². The molecule has 2 aromatic rings. The predicted octanol–water partition coefficient (Wildman–Crippen LogP) is 4.83. The number of anilines is 3. The molecule has 1 saturated carbocycles. The van der Waals surface area contributed by atoms with Crippen LogP contribution in [0.4, 0.5) is 17.2 Å². The normalized spacial score (nSPS) is 14.9. The summed E-state index contributed by atoms with van der Waals surface area (Å²) in [6.45, 7) is 1.91. The van der Waals surface area contributed by atoms with Crippen LogP contribution in [0.1, 0.15) is 50.6 Å². The van der Waals surface area contributed by atoms with Gasteiger partial charge in [0.2, 0.25) is 5.91 Å². The molecule has 1 aliphatic carbocycles. The maximum absolute atomic E-state index is 12.1. The molecule has 0 bridgehead atoms. The van der Waals surface area contributed by atoms with E-state index in [1.165, 1.54) is 32.1 Å². The average molecular weight is 338 g/mol. The average Bonchev–Trinajstić information content (AvgIpc) is 2.64. The number of hydrogen-bond acceptors (Lipinski definition) is 4. The van der Waals surface area contributed by atoms with Gasteiger partial charge < -0.3 is 10.6 Å². The van der Waals surface area contributed by atoms with Crippen LogP contribution in [0.3, 0.4) is 0 Å². The molecule has 0 spiro atoms. The van der Waals surface area contributed by atoms with Gasteiger partial charge in [-0.2, -0.15) is 5.10 Å². The van der Waals surface area contributed by atoms with Gasteiger partial charge in [-0.3, -0.25) is 4.79 Å². The molecule has 2 N–H and O–H groups in total. The third kappa shape index (κ3) is 5.55. The van der Waals surface area contributed by atoms with Crippen LogP contribution < -0.4 is 10.6 Å². The zero-order chi connectivity index (χ0) is 17.5. The van der Waals surface area contributed by atoms with Crippen LogP contribution in [0.2, 0.25) is 0 Å². The number of aromatic nitrogens is 2. The zero-order valence-electron chi connectivity index (χ0n) is 14.8. The molecule has 0 atom stereocenters. The van der Waals surface area contributed by atoms with Crippen LogP contribution >= 0.6 is 0 Å². The van der Waals surface area contributed by atoms with Crippen LogP contribution in [0.25, 0.3) is 0 Å². The monoisotopic (exact) mass is 338 g/mol. The second kappa shape index (κ2) is 8.60. The van der Waals surface area contributed by atoms with E-state index in [0.717, 1.165) is 29.4 Å². The minimum atomic E-state index is 0.107. The van der Waals surface area contributed by atoms with Crippen molar-refractivity contribution in [3.8, 4) is 0 Å². The molecule has 1 fully saturated rings. The molecule has 5 heteroatoms. The summed E-state index contributed by atoms with van der Waals surface area (Å²) in [4.78, 5) is 12.1. The third-order valence-corrected chi connectivity index (χ3v) is 4.74. The van der Waals surface area contributed by atoms with E-state index < -0.39 is 0 Å². The molecule has 1 aromatic carbocycles. The zero-order valence-corrected chi connectivity index (χ0v) is 14.8. The van der Waals surface area contributed by atoms with Gasteiger partial charge in [-0.1, -0.05) is 32.1 Å². The Labute approximate surface area is 149 Å². The fraction of sp³-hybridized carbons (Fsp3) is 0.450. The minimum absolute atomic E-state index is 0.107. The Hall–Kier alpha value is -2.43. The highest BCUT2D eigenvalue weighted by molar-refractivity contribution is 5.90. The second-order valence-electron chi connectivity index (χ2n) is 6.85. The Morgan fingerprint density at radius 2 is 1.72 bits per heavy atom. The van der Waals surface area contributed by atoms with Gasteiger partial charge in [0, 0.05) is 17.8 Å². The number of carbonyl (C=O) groups excluding carboxylic acids is 1. The van der Waals surface area contributed by atoms with Crippen molar-refractivity contribution in [3.05, 3.63) is 42.1 Å². The number of hydrogen-bond donors (Lipinski definition) is 2. The minimum Gasteiger partial charge on any atom is -0.339 e. The molecule has 1 amide bonds. The molecule has 0 radical (unpaired) electrons. The van der Waals surface area contributed by atoms with Crippen molar-refractivity contribution < 1.29 is 4.79 Å². The number of benzene rings is 1. The first-order valence-corrected chi connectivity index (χ1v) is 9.16. The van der Waals surface area contributed by atoms with Crippen molar-refractivity contribution >= 4 is 23.1 Å². The maximum atomic E-state index is 12.1. The summed E-state index contributed by atoms with van der Waals surface area (Å²) >= 11 is 0. The summed E-state index contributed by atoms with van der Waals surface area (Å²) in [5.41, 5.74) is 2.63. The standard InChI is InChI=1S/C20H26N4O/c1-15-7-13-19(24-23-15)21-17-9-11-18(12-10-17)22-20(25)14-8-16-5-3-2-4-6-16/h7,9-13,16H,2-6,8,14H2,1H3,(H,21,24)(H,22,25). The molecule has 1 heterocycles. The topological polar surface area (TPSA) is 66.9 Å². The fourth-order valence-electron chi connectivity index (χ4n) is 3.28. The summed E-state index contributed by atoms with van der Waals surface area (Å²) in [5.74, 6) is 1.55. The Morgan fingerprint density at radius 3 is 2.40 bits per heavy atom. The Balaban J connectivity index is 1.46. The third-order valence-electron chi connectivity index (χ3n) is 4.74. The summed E-state index contributed by atoms with van der Waals surface area (Å²) in [6, 6.07) is 11.5. The smallest absolute Gasteiger partial charge is 0.224 e. The van der Waals surface area contributed by atoms with Gasteiger partial charge in [-0.05, 0) is 55.7 Å².